The quantitative estimate of drug-likeness (QED) is 0.448. The Hall–Kier alpha value is -3.30. The summed E-state index contributed by atoms with van der Waals surface area (Å²) in [6, 6.07) is 8.34. The molecule has 1 aromatic carbocycles. The van der Waals surface area contributed by atoms with E-state index in [0.29, 0.717) is 5.75 Å². The number of fused-ring (bicyclic) bond motifs is 3. The summed E-state index contributed by atoms with van der Waals surface area (Å²) < 4.78 is 15.9. The van der Waals surface area contributed by atoms with Crippen LogP contribution in [0.3, 0.4) is 0 Å². The number of carbonyl (C=O) groups is 2. The predicted molar refractivity (Wildman–Crippen MR) is 119 cm³/mol. The maximum absolute atomic E-state index is 13.0. The summed E-state index contributed by atoms with van der Waals surface area (Å²) in [5.74, 6) is 0.0757. The maximum Gasteiger partial charge on any atom is 0.379 e. The second-order valence-corrected chi connectivity index (χ2v) is 8.76. The number of carbonyl (C=O) groups excluding carboxylic acids is 2. The van der Waals surface area contributed by atoms with Gasteiger partial charge in [-0.2, -0.15) is 0 Å². The number of hydrogen-bond acceptors (Lipinski definition) is 8. The highest BCUT2D eigenvalue weighted by Gasteiger charge is 2.33. The second kappa shape index (κ2) is 8.33. The molecule has 5 rings (SSSR count). The van der Waals surface area contributed by atoms with Crippen LogP contribution in [0.5, 0.6) is 11.5 Å². The average Bonchev–Trinajstić information content (AvgIpc) is 3.46. The van der Waals surface area contributed by atoms with Crippen molar-refractivity contribution in [3.05, 3.63) is 63.9 Å². The van der Waals surface area contributed by atoms with E-state index < -0.39 is 12.1 Å². The van der Waals surface area contributed by atoms with Gasteiger partial charge in [0.15, 0.2) is 11.5 Å². The zero-order chi connectivity index (χ0) is 22.2. The number of benzene rings is 1. The third-order valence-corrected chi connectivity index (χ3v) is 6.96. The fraction of sp³-hybridized carbons (Fsp3) is 0.304. The van der Waals surface area contributed by atoms with Crippen LogP contribution < -0.4 is 20.1 Å². The van der Waals surface area contributed by atoms with Crippen molar-refractivity contribution in [2.24, 2.45) is 0 Å². The van der Waals surface area contributed by atoms with Gasteiger partial charge in [-0.25, -0.2) is 4.79 Å². The molecule has 0 saturated heterocycles. The van der Waals surface area contributed by atoms with E-state index in [1.807, 2.05) is 0 Å². The van der Waals surface area contributed by atoms with Crippen molar-refractivity contribution in [1.29, 1.82) is 0 Å². The highest BCUT2D eigenvalue weighted by molar-refractivity contribution is 7.16. The molecule has 2 aliphatic rings. The minimum atomic E-state index is -0.611. The molecule has 2 aromatic heterocycles. The zero-order valence-corrected chi connectivity index (χ0v) is 18.6. The number of rotatable bonds is 5. The summed E-state index contributed by atoms with van der Waals surface area (Å²) in [6.07, 6.45) is 1.88. The van der Waals surface area contributed by atoms with E-state index in [-0.39, 0.29) is 17.4 Å². The largest absolute Gasteiger partial charge is 0.493 e. The number of likely N-dealkylation sites (N-methyl/N-ethyl adjacent to an activating group) is 1. The summed E-state index contributed by atoms with van der Waals surface area (Å²) in [5.41, 5.74) is 2.73. The molecular formula is C23H23N3O5S. The first-order valence-electron chi connectivity index (χ1n) is 10.4. The van der Waals surface area contributed by atoms with Gasteiger partial charge in [0.25, 0.3) is 5.91 Å². The van der Waals surface area contributed by atoms with Crippen LogP contribution in [0.2, 0.25) is 0 Å². The summed E-state index contributed by atoms with van der Waals surface area (Å²) in [4.78, 5) is 28.8. The molecule has 0 bridgehead atoms. The molecule has 3 aromatic rings. The van der Waals surface area contributed by atoms with Gasteiger partial charge in [-0.15, -0.1) is 11.3 Å². The SMILES string of the molecule is CCN1CCc2c(sc3c2C(=O)N[C@@H](c2ccc(OC(=O)c4ccco4)c(OC)c2)N3)C1. The van der Waals surface area contributed by atoms with Crippen molar-refractivity contribution < 1.29 is 23.5 Å². The van der Waals surface area contributed by atoms with Gasteiger partial charge >= 0.3 is 5.97 Å². The van der Waals surface area contributed by atoms with Gasteiger partial charge in [0.2, 0.25) is 5.76 Å². The maximum atomic E-state index is 13.0. The molecule has 166 valence electrons. The lowest BCUT2D eigenvalue weighted by atomic mass is 10.0. The van der Waals surface area contributed by atoms with Gasteiger partial charge in [-0.3, -0.25) is 9.69 Å². The van der Waals surface area contributed by atoms with Crippen molar-refractivity contribution >= 4 is 28.2 Å². The number of methoxy groups -OCH3 is 1. The number of esters is 1. The summed E-state index contributed by atoms with van der Waals surface area (Å²) in [7, 11) is 1.50. The number of ether oxygens (including phenoxy) is 2. The lowest BCUT2D eigenvalue weighted by Crippen LogP contribution is -2.38. The molecule has 4 heterocycles. The lowest BCUT2D eigenvalue weighted by Gasteiger charge is -2.28. The Morgan fingerprint density at radius 1 is 1.28 bits per heavy atom. The molecule has 1 amide bonds. The Morgan fingerprint density at radius 3 is 2.91 bits per heavy atom. The first-order valence-corrected chi connectivity index (χ1v) is 11.3. The van der Waals surface area contributed by atoms with Crippen LogP contribution in [0, 0.1) is 0 Å². The van der Waals surface area contributed by atoms with Crippen molar-refractivity contribution in [2.75, 3.05) is 25.5 Å². The molecule has 32 heavy (non-hydrogen) atoms. The molecule has 9 heteroatoms. The zero-order valence-electron chi connectivity index (χ0n) is 17.8. The number of thiophene rings is 1. The second-order valence-electron chi connectivity index (χ2n) is 7.65. The Balaban J connectivity index is 1.38. The smallest absolute Gasteiger partial charge is 0.379 e. The van der Waals surface area contributed by atoms with Crippen LogP contribution in [-0.4, -0.2) is 37.0 Å². The fourth-order valence-electron chi connectivity index (χ4n) is 4.10. The molecule has 1 atom stereocenters. The molecule has 0 fully saturated rings. The highest BCUT2D eigenvalue weighted by atomic mass is 32.1. The van der Waals surface area contributed by atoms with Crippen LogP contribution in [0.15, 0.2) is 41.0 Å². The summed E-state index contributed by atoms with van der Waals surface area (Å²) >= 11 is 1.65. The van der Waals surface area contributed by atoms with Crippen molar-refractivity contribution in [1.82, 2.24) is 10.2 Å². The minimum absolute atomic E-state index is 0.0708. The van der Waals surface area contributed by atoms with Crippen LogP contribution in [0.4, 0.5) is 5.00 Å². The molecule has 2 aliphatic heterocycles. The molecule has 0 unspecified atom stereocenters. The molecule has 0 radical (unpaired) electrons. The van der Waals surface area contributed by atoms with Gasteiger partial charge in [0.05, 0.1) is 18.9 Å². The van der Waals surface area contributed by atoms with E-state index in [4.69, 9.17) is 13.9 Å². The van der Waals surface area contributed by atoms with Gasteiger partial charge < -0.3 is 24.5 Å². The monoisotopic (exact) mass is 453 g/mol. The van der Waals surface area contributed by atoms with Crippen LogP contribution in [0.25, 0.3) is 0 Å². The van der Waals surface area contributed by atoms with E-state index in [2.05, 4.69) is 22.5 Å². The fourth-order valence-corrected chi connectivity index (χ4v) is 5.41. The standard InChI is InChI=1S/C23H23N3O5S/c1-3-26-9-8-14-18(12-26)32-22-19(14)21(27)24-20(25-22)13-6-7-15(17(11-13)29-2)31-23(28)16-5-4-10-30-16/h4-7,10-11,20,25H,3,8-9,12H2,1-2H3,(H,24,27)/t20-/m1/s1. The van der Waals surface area contributed by atoms with Gasteiger partial charge in [-0.1, -0.05) is 13.0 Å². The number of anilines is 1. The molecule has 0 aliphatic carbocycles. The number of hydrogen-bond donors (Lipinski definition) is 2. The first kappa shape index (κ1) is 20.6. The third-order valence-electron chi connectivity index (χ3n) is 5.81. The Morgan fingerprint density at radius 2 is 2.16 bits per heavy atom. The summed E-state index contributed by atoms with van der Waals surface area (Å²) in [5, 5.41) is 7.40. The van der Waals surface area contributed by atoms with E-state index in [0.717, 1.165) is 47.7 Å². The van der Waals surface area contributed by atoms with Crippen molar-refractivity contribution in [3.8, 4) is 11.5 Å². The highest BCUT2D eigenvalue weighted by Crippen LogP contribution is 2.41. The Bertz CT molecular complexity index is 1170. The number of nitrogens with one attached hydrogen (secondary N) is 2. The molecule has 8 nitrogen and oxygen atoms in total. The normalized spacial score (nSPS) is 17.7. The van der Waals surface area contributed by atoms with Crippen LogP contribution in [0.1, 0.15) is 50.0 Å². The molecule has 0 spiro atoms. The van der Waals surface area contributed by atoms with E-state index >= 15 is 0 Å². The van der Waals surface area contributed by atoms with E-state index in [9.17, 15) is 9.59 Å². The summed E-state index contributed by atoms with van der Waals surface area (Å²) in [6.45, 7) is 5.01. The Kier molecular flexibility index (Phi) is 5.36. The van der Waals surface area contributed by atoms with Gasteiger partial charge in [-0.05, 0) is 48.4 Å². The molecule has 2 N–H and O–H groups in total. The molecule has 0 saturated carbocycles. The lowest BCUT2D eigenvalue weighted by molar-refractivity contribution is 0.0696. The average molecular weight is 454 g/mol. The topological polar surface area (TPSA) is 93.0 Å². The third kappa shape index (κ3) is 3.63. The Labute approximate surface area is 189 Å². The van der Waals surface area contributed by atoms with Crippen molar-refractivity contribution in [2.45, 2.75) is 26.1 Å². The van der Waals surface area contributed by atoms with Crippen LogP contribution in [-0.2, 0) is 13.0 Å². The van der Waals surface area contributed by atoms with Gasteiger partial charge in [0.1, 0.15) is 11.2 Å². The molecular weight excluding hydrogens is 430 g/mol. The van der Waals surface area contributed by atoms with Crippen molar-refractivity contribution in [3.63, 3.8) is 0 Å². The minimum Gasteiger partial charge on any atom is -0.493 e. The van der Waals surface area contributed by atoms with Gasteiger partial charge in [0, 0.05) is 18.0 Å². The number of nitrogens with zero attached hydrogens (tertiary/aromatic N) is 1. The van der Waals surface area contributed by atoms with E-state index in [1.54, 1.807) is 35.6 Å². The first-order chi connectivity index (χ1) is 15.6. The van der Waals surface area contributed by atoms with E-state index in [1.165, 1.54) is 24.3 Å². The van der Waals surface area contributed by atoms with Crippen LogP contribution >= 0.6 is 11.3 Å². The predicted octanol–water partition coefficient (Wildman–Crippen LogP) is 3.80. The number of furan rings is 1. The number of amides is 1.